The van der Waals surface area contributed by atoms with Gasteiger partial charge < -0.3 is 24.9 Å². The molecule has 1 amide bonds. The van der Waals surface area contributed by atoms with Gasteiger partial charge in [-0.05, 0) is 48.9 Å². The summed E-state index contributed by atoms with van der Waals surface area (Å²) >= 11 is 0. The van der Waals surface area contributed by atoms with Crippen LogP contribution in [0.3, 0.4) is 0 Å². The molecule has 0 radical (unpaired) electrons. The minimum Gasteiger partial charge on any atom is -0.465 e. The normalized spacial score (nSPS) is 20.9. The van der Waals surface area contributed by atoms with Crippen LogP contribution in [-0.2, 0) is 36.0 Å². The van der Waals surface area contributed by atoms with Crippen LogP contribution in [0.4, 0.5) is 4.39 Å². The van der Waals surface area contributed by atoms with Crippen molar-refractivity contribution in [3.63, 3.8) is 0 Å². The van der Waals surface area contributed by atoms with E-state index in [-0.39, 0.29) is 25.6 Å². The van der Waals surface area contributed by atoms with Crippen molar-refractivity contribution < 1.29 is 28.2 Å². The largest absolute Gasteiger partial charge is 0.465 e. The number of H-pyrrole nitrogens is 1. The Morgan fingerprint density at radius 3 is 2.31 bits per heavy atom. The minimum atomic E-state index is -2.08. The summed E-state index contributed by atoms with van der Waals surface area (Å²) in [4.78, 5) is 37.5. The number of esters is 1. The minimum absolute atomic E-state index is 0.000585. The third-order valence-corrected chi connectivity index (χ3v) is 6.57. The Balaban J connectivity index is 1.39. The number of carbonyl (C=O) groups is 2. The van der Waals surface area contributed by atoms with Crippen LogP contribution in [0.25, 0.3) is 22.5 Å². The van der Waals surface area contributed by atoms with E-state index in [2.05, 4.69) is 15.0 Å². The van der Waals surface area contributed by atoms with Gasteiger partial charge in [-0.3, -0.25) is 14.6 Å². The van der Waals surface area contributed by atoms with Gasteiger partial charge in [-0.2, -0.15) is 0 Å². The van der Waals surface area contributed by atoms with E-state index in [1.807, 2.05) is 30.3 Å². The van der Waals surface area contributed by atoms with Crippen LogP contribution in [0.1, 0.15) is 18.3 Å². The molecule has 3 N–H and O–H groups in total. The molecule has 5 rings (SSSR count). The highest BCUT2D eigenvalue weighted by atomic mass is 19.1. The van der Waals surface area contributed by atoms with Crippen LogP contribution in [0.2, 0.25) is 0 Å². The molecular weight excluding hydrogens is 503 g/mol. The maximum atomic E-state index is 13.6. The Morgan fingerprint density at radius 2 is 1.67 bits per heavy atom. The maximum Gasteiger partial charge on any atom is 0.316 e. The summed E-state index contributed by atoms with van der Waals surface area (Å²) in [5.74, 6) is -3.93. The zero-order chi connectivity index (χ0) is 27.5. The molecule has 200 valence electrons. The molecule has 0 spiro atoms. The van der Waals surface area contributed by atoms with Crippen LogP contribution in [0.5, 0.6) is 0 Å². The van der Waals surface area contributed by atoms with Gasteiger partial charge in [-0.15, -0.1) is 0 Å². The monoisotopic (exact) mass is 530 g/mol. The Labute approximate surface area is 224 Å². The molecule has 39 heavy (non-hydrogen) atoms. The standard InChI is InChI=1S/C29H27FN4O5/c1-28(27(36)37-16-13-19-5-3-2-4-6-19)17-38-29(25(31)35,39-18-28)26-33-23(20-7-9-22(30)10-8-20)24(34-26)21-11-14-32-15-12-21/h2-12,14-15H,13,16-18H2,1H3,(H2,31,35)(H,33,34). The highest BCUT2D eigenvalue weighted by Gasteiger charge is 2.54. The number of primary amides is 1. The van der Waals surface area contributed by atoms with E-state index in [1.54, 1.807) is 43.6 Å². The molecule has 0 atom stereocenters. The summed E-state index contributed by atoms with van der Waals surface area (Å²) in [6, 6.07) is 18.9. The lowest BCUT2D eigenvalue weighted by atomic mass is 9.91. The van der Waals surface area contributed by atoms with E-state index < -0.39 is 28.9 Å². The summed E-state index contributed by atoms with van der Waals surface area (Å²) in [7, 11) is 0. The van der Waals surface area contributed by atoms with Gasteiger partial charge >= 0.3 is 11.8 Å². The molecule has 1 fully saturated rings. The fraction of sp³-hybridized carbons (Fsp3) is 0.241. The molecule has 1 aliphatic rings. The Morgan fingerprint density at radius 1 is 1.00 bits per heavy atom. The number of nitrogens with two attached hydrogens (primary N) is 1. The second-order valence-electron chi connectivity index (χ2n) is 9.54. The molecule has 1 aliphatic heterocycles. The molecule has 0 saturated carbocycles. The van der Waals surface area contributed by atoms with Crippen molar-refractivity contribution in [3.05, 3.63) is 96.3 Å². The second-order valence-corrected chi connectivity index (χ2v) is 9.54. The van der Waals surface area contributed by atoms with Gasteiger partial charge in [0.1, 0.15) is 11.2 Å². The number of ether oxygens (including phenoxy) is 3. The van der Waals surface area contributed by atoms with Gasteiger partial charge in [0.2, 0.25) is 0 Å². The third-order valence-electron chi connectivity index (χ3n) is 6.57. The maximum absolute atomic E-state index is 13.6. The van der Waals surface area contributed by atoms with E-state index in [1.165, 1.54) is 12.1 Å². The van der Waals surface area contributed by atoms with Crippen LogP contribution in [0.15, 0.2) is 79.1 Å². The molecular formula is C29H27FN4O5. The van der Waals surface area contributed by atoms with Crippen LogP contribution in [-0.4, -0.2) is 46.6 Å². The first kappa shape index (κ1) is 26.2. The van der Waals surface area contributed by atoms with Crippen LogP contribution in [0, 0.1) is 11.2 Å². The first-order valence-electron chi connectivity index (χ1n) is 12.4. The predicted octanol–water partition coefficient (Wildman–Crippen LogP) is 3.75. The van der Waals surface area contributed by atoms with Gasteiger partial charge in [-0.25, -0.2) is 9.37 Å². The number of carbonyl (C=O) groups excluding carboxylic acids is 2. The van der Waals surface area contributed by atoms with Gasteiger partial charge in [0.05, 0.1) is 31.2 Å². The number of hydrogen-bond donors (Lipinski definition) is 2. The fourth-order valence-corrected chi connectivity index (χ4v) is 4.27. The van der Waals surface area contributed by atoms with Crippen molar-refractivity contribution in [2.45, 2.75) is 19.1 Å². The smallest absolute Gasteiger partial charge is 0.316 e. The number of pyridine rings is 1. The summed E-state index contributed by atoms with van der Waals surface area (Å²) in [6.07, 6.45) is 3.78. The van der Waals surface area contributed by atoms with E-state index in [0.717, 1.165) is 5.56 Å². The van der Waals surface area contributed by atoms with Gasteiger partial charge in [0, 0.05) is 29.9 Å². The number of amides is 1. The number of aromatic amines is 1. The SMILES string of the molecule is CC1(C(=O)OCCc2ccccc2)COC(C(N)=O)(c2nc(-c3ccc(F)cc3)c(-c3ccncc3)[nH]2)OC1. The number of rotatable bonds is 8. The van der Waals surface area contributed by atoms with Crippen molar-refractivity contribution in [1.82, 2.24) is 15.0 Å². The highest BCUT2D eigenvalue weighted by Crippen LogP contribution is 2.39. The number of halogens is 1. The summed E-state index contributed by atoms with van der Waals surface area (Å²) in [5.41, 5.74) is 7.91. The van der Waals surface area contributed by atoms with Crippen molar-refractivity contribution >= 4 is 11.9 Å². The Hall–Kier alpha value is -4.41. The van der Waals surface area contributed by atoms with Gasteiger partial charge in [0.25, 0.3) is 5.91 Å². The van der Waals surface area contributed by atoms with Crippen molar-refractivity contribution in [2.75, 3.05) is 19.8 Å². The number of benzene rings is 2. The first-order valence-corrected chi connectivity index (χ1v) is 12.4. The zero-order valence-corrected chi connectivity index (χ0v) is 21.2. The van der Waals surface area contributed by atoms with Crippen molar-refractivity contribution in [2.24, 2.45) is 11.1 Å². The third kappa shape index (κ3) is 5.29. The average Bonchev–Trinajstić information content (AvgIpc) is 3.41. The molecule has 1 saturated heterocycles. The van der Waals surface area contributed by atoms with Crippen LogP contribution >= 0.6 is 0 Å². The molecule has 0 aliphatic carbocycles. The molecule has 2 aromatic carbocycles. The summed E-state index contributed by atoms with van der Waals surface area (Å²) in [5, 5.41) is 0. The molecule has 10 heteroatoms. The zero-order valence-electron chi connectivity index (χ0n) is 21.2. The van der Waals surface area contributed by atoms with E-state index in [4.69, 9.17) is 19.9 Å². The molecule has 2 aromatic heterocycles. The first-order chi connectivity index (χ1) is 18.8. The molecule has 3 heterocycles. The second kappa shape index (κ2) is 10.8. The van der Waals surface area contributed by atoms with Gasteiger partial charge in [-0.1, -0.05) is 30.3 Å². The molecule has 0 bridgehead atoms. The fourth-order valence-electron chi connectivity index (χ4n) is 4.27. The number of aromatic nitrogens is 3. The average molecular weight is 531 g/mol. The summed E-state index contributed by atoms with van der Waals surface area (Å²) < 4.78 is 30.9. The van der Waals surface area contributed by atoms with Crippen LogP contribution < -0.4 is 5.73 Å². The Bertz CT molecular complexity index is 1450. The topological polar surface area (TPSA) is 129 Å². The Kier molecular flexibility index (Phi) is 7.23. The number of nitrogens with one attached hydrogen (secondary N) is 1. The number of hydrogen-bond acceptors (Lipinski definition) is 7. The lowest BCUT2D eigenvalue weighted by molar-refractivity contribution is -0.293. The van der Waals surface area contributed by atoms with Crippen molar-refractivity contribution in [3.8, 4) is 22.5 Å². The molecule has 4 aromatic rings. The predicted molar refractivity (Wildman–Crippen MR) is 139 cm³/mol. The van der Waals surface area contributed by atoms with E-state index >= 15 is 0 Å². The van der Waals surface area contributed by atoms with Gasteiger partial charge in [0.15, 0.2) is 5.82 Å². The number of nitrogens with zero attached hydrogens (tertiary/aromatic N) is 2. The molecule has 0 unspecified atom stereocenters. The lowest BCUT2D eigenvalue weighted by Gasteiger charge is -2.40. The quantitative estimate of drug-likeness (QED) is 0.332. The molecule has 9 nitrogen and oxygen atoms in total. The van der Waals surface area contributed by atoms with E-state index in [0.29, 0.717) is 28.9 Å². The highest BCUT2D eigenvalue weighted by molar-refractivity contribution is 5.85. The van der Waals surface area contributed by atoms with Crippen molar-refractivity contribution in [1.29, 1.82) is 0 Å². The number of imidazole rings is 1. The lowest BCUT2D eigenvalue weighted by Crippen LogP contribution is -2.56. The summed E-state index contributed by atoms with van der Waals surface area (Å²) in [6.45, 7) is 1.43. The van der Waals surface area contributed by atoms with E-state index in [9.17, 15) is 14.0 Å².